The lowest BCUT2D eigenvalue weighted by atomic mass is 10.2. The second kappa shape index (κ2) is 8.24. The van der Waals surface area contributed by atoms with E-state index in [2.05, 4.69) is 4.98 Å². The van der Waals surface area contributed by atoms with Crippen LogP contribution in [-0.2, 0) is 14.8 Å². The predicted octanol–water partition coefficient (Wildman–Crippen LogP) is 2.88. The summed E-state index contributed by atoms with van der Waals surface area (Å²) < 4.78 is 32.1. The third-order valence-electron chi connectivity index (χ3n) is 4.33. The van der Waals surface area contributed by atoms with Gasteiger partial charge in [-0.25, -0.2) is 13.2 Å². The van der Waals surface area contributed by atoms with Gasteiger partial charge in [-0.15, -0.1) is 0 Å². The van der Waals surface area contributed by atoms with Crippen molar-refractivity contribution in [2.24, 2.45) is 0 Å². The molecule has 0 saturated carbocycles. The molecule has 144 valence electrons. The summed E-state index contributed by atoms with van der Waals surface area (Å²) in [6, 6.07) is 7.16. The number of rotatable bonds is 6. The van der Waals surface area contributed by atoms with Gasteiger partial charge >= 0.3 is 5.97 Å². The van der Waals surface area contributed by atoms with Crippen LogP contribution in [0.15, 0.2) is 41.4 Å². The number of halogens is 1. The first-order valence-corrected chi connectivity index (χ1v) is 10.3. The van der Waals surface area contributed by atoms with E-state index in [9.17, 15) is 18.0 Å². The molecule has 1 aliphatic heterocycles. The molecule has 1 aliphatic rings. The molecule has 0 aliphatic carbocycles. The van der Waals surface area contributed by atoms with Crippen molar-refractivity contribution in [1.29, 1.82) is 0 Å². The summed E-state index contributed by atoms with van der Waals surface area (Å²) in [4.78, 5) is 26.7. The molecule has 7 nitrogen and oxygen atoms in total. The van der Waals surface area contributed by atoms with Gasteiger partial charge in [0.05, 0.1) is 16.3 Å². The summed E-state index contributed by atoms with van der Waals surface area (Å²) in [7, 11) is -3.79. The van der Waals surface area contributed by atoms with Gasteiger partial charge in [0.25, 0.3) is 0 Å². The Morgan fingerprint density at radius 1 is 1.15 bits per heavy atom. The highest BCUT2D eigenvalue weighted by atomic mass is 35.5. The molecule has 9 heteroatoms. The zero-order valence-corrected chi connectivity index (χ0v) is 16.1. The monoisotopic (exact) mass is 410 g/mol. The van der Waals surface area contributed by atoms with Crippen LogP contribution in [0.4, 0.5) is 0 Å². The van der Waals surface area contributed by atoms with Crippen LogP contribution < -0.4 is 0 Å². The van der Waals surface area contributed by atoms with Gasteiger partial charge in [0.15, 0.2) is 6.61 Å². The minimum atomic E-state index is -3.79. The highest BCUT2D eigenvalue weighted by molar-refractivity contribution is 7.89. The van der Waals surface area contributed by atoms with Gasteiger partial charge in [0.2, 0.25) is 15.8 Å². The molecule has 27 heavy (non-hydrogen) atoms. The number of carbonyl (C=O) groups is 2. The third kappa shape index (κ3) is 4.40. The largest absolute Gasteiger partial charge is 0.454 e. The van der Waals surface area contributed by atoms with Crippen molar-refractivity contribution in [3.63, 3.8) is 0 Å². The average molecular weight is 411 g/mol. The summed E-state index contributed by atoms with van der Waals surface area (Å²) in [6.45, 7) is 0.409. The number of esters is 1. The maximum absolute atomic E-state index is 12.8. The lowest BCUT2D eigenvalue weighted by Gasteiger charge is -2.26. The Labute approximate surface area is 162 Å². The highest BCUT2D eigenvalue weighted by Crippen LogP contribution is 2.28. The number of H-pyrrole nitrogens is 1. The zero-order chi connectivity index (χ0) is 19.4. The first kappa shape index (κ1) is 19.6. The molecular formula is C18H19ClN2O5S. The van der Waals surface area contributed by atoms with Crippen molar-refractivity contribution in [3.8, 4) is 0 Å². The molecule has 2 aromatic rings. The molecule has 0 atom stereocenters. The fourth-order valence-electron chi connectivity index (χ4n) is 2.87. The molecule has 1 aromatic carbocycles. The van der Waals surface area contributed by atoms with Crippen LogP contribution >= 0.6 is 11.6 Å². The number of aromatic amines is 1. The van der Waals surface area contributed by atoms with Gasteiger partial charge < -0.3 is 9.72 Å². The summed E-state index contributed by atoms with van der Waals surface area (Å²) in [5.41, 5.74) is 0.349. The molecule has 2 heterocycles. The quantitative estimate of drug-likeness (QED) is 0.583. The van der Waals surface area contributed by atoms with E-state index in [1.807, 2.05) is 0 Å². The fourth-order valence-corrected chi connectivity index (χ4v) is 4.89. The van der Waals surface area contributed by atoms with E-state index in [1.54, 1.807) is 18.3 Å². The zero-order valence-electron chi connectivity index (χ0n) is 14.5. The second-order valence-corrected chi connectivity index (χ2v) is 8.51. The molecule has 1 fully saturated rings. The van der Waals surface area contributed by atoms with E-state index >= 15 is 0 Å². The van der Waals surface area contributed by atoms with Gasteiger partial charge in [-0.1, -0.05) is 18.0 Å². The Morgan fingerprint density at radius 2 is 1.89 bits per heavy atom. The number of piperidine rings is 1. The van der Waals surface area contributed by atoms with Crippen molar-refractivity contribution < 1.29 is 22.7 Å². The van der Waals surface area contributed by atoms with Crippen molar-refractivity contribution in [2.75, 3.05) is 19.7 Å². The number of hydrogen-bond acceptors (Lipinski definition) is 5. The molecule has 0 radical (unpaired) electrons. The van der Waals surface area contributed by atoms with Crippen molar-refractivity contribution >= 4 is 33.4 Å². The molecular weight excluding hydrogens is 392 g/mol. The van der Waals surface area contributed by atoms with Crippen molar-refractivity contribution in [2.45, 2.75) is 24.2 Å². The number of hydrogen-bond donors (Lipinski definition) is 1. The van der Waals surface area contributed by atoms with Crippen LogP contribution in [0.5, 0.6) is 0 Å². The smallest absolute Gasteiger partial charge is 0.338 e. The Balaban J connectivity index is 1.76. The van der Waals surface area contributed by atoms with E-state index < -0.39 is 22.6 Å². The van der Waals surface area contributed by atoms with Gasteiger partial charge in [-0.2, -0.15) is 4.31 Å². The minimum absolute atomic E-state index is 0.0225. The molecule has 1 aromatic heterocycles. The molecule has 1 saturated heterocycles. The van der Waals surface area contributed by atoms with E-state index in [0.717, 1.165) is 19.3 Å². The van der Waals surface area contributed by atoms with Gasteiger partial charge in [0, 0.05) is 19.3 Å². The topological polar surface area (TPSA) is 96.5 Å². The number of Topliss-reactive ketones (excluding diaryl/α,β-unsaturated/α-hetero) is 1. The normalized spacial score (nSPS) is 15.4. The second-order valence-electron chi connectivity index (χ2n) is 6.19. The number of aromatic nitrogens is 1. The van der Waals surface area contributed by atoms with Crippen LogP contribution in [0.25, 0.3) is 0 Å². The number of ether oxygens (including phenoxy) is 1. The number of carbonyl (C=O) groups excluding carboxylic acids is 2. The first-order chi connectivity index (χ1) is 12.9. The van der Waals surface area contributed by atoms with E-state index in [0.29, 0.717) is 18.8 Å². The van der Waals surface area contributed by atoms with Crippen LogP contribution in [0.1, 0.15) is 40.1 Å². The number of nitrogens with zero attached hydrogens (tertiary/aromatic N) is 1. The SMILES string of the molecule is O=C(OCC(=O)c1ccc[nH]1)c1ccc(Cl)c(S(=O)(=O)N2CCCCC2)c1. The van der Waals surface area contributed by atoms with E-state index in [4.69, 9.17) is 16.3 Å². The Bertz CT molecular complexity index is 935. The van der Waals surface area contributed by atoms with E-state index in [1.165, 1.54) is 22.5 Å². The van der Waals surface area contributed by atoms with Gasteiger partial charge in [-0.3, -0.25) is 4.79 Å². The fraction of sp³-hybridized carbons (Fsp3) is 0.333. The molecule has 0 amide bonds. The van der Waals surface area contributed by atoms with Crippen LogP contribution in [0.3, 0.4) is 0 Å². The predicted molar refractivity (Wildman–Crippen MR) is 99.5 cm³/mol. The lowest BCUT2D eigenvalue weighted by Crippen LogP contribution is -2.35. The van der Waals surface area contributed by atoms with Crippen LogP contribution in [0, 0.1) is 0 Å². The number of sulfonamides is 1. The van der Waals surface area contributed by atoms with Crippen LogP contribution in [0.2, 0.25) is 5.02 Å². The molecule has 0 bridgehead atoms. The standard InChI is InChI=1S/C18H19ClN2O5S/c19-14-7-6-13(18(23)26-12-16(22)15-5-4-8-20-15)11-17(14)27(24,25)21-9-2-1-3-10-21/h4-8,11,20H,1-3,9-10,12H2. The first-order valence-electron chi connectivity index (χ1n) is 8.53. The molecule has 0 spiro atoms. The maximum Gasteiger partial charge on any atom is 0.338 e. The highest BCUT2D eigenvalue weighted by Gasteiger charge is 2.29. The third-order valence-corrected chi connectivity index (χ3v) is 6.71. The summed E-state index contributed by atoms with van der Waals surface area (Å²) in [6.07, 6.45) is 4.16. The maximum atomic E-state index is 12.8. The van der Waals surface area contributed by atoms with Crippen LogP contribution in [-0.4, -0.2) is 49.2 Å². The summed E-state index contributed by atoms with van der Waals surface area (Å²) in [5.74, 6) is -1.18. The average Bonchev–Trinajstić information content (AvgIpc) is 3.21. The Hall–Kier alpha value is -2.16. The van der Waals surface area contributed by atoms with Gasteiger partial charge in [0.1, 0.15) is 4.90 Å². The molecule has 0 unspecified atom stereocenters. The molecule has 1 N–H and O–H groups in total. The number of nitrogens with one attached hydrogen (secondary N) is 1. The number of benzene rings is 1. The Kier molecular flexibility index (Phi) is 5.98. The van der Waals surface area contributed by atoms with Crippen molar-refractivity contribution in [3.05, 3.63) is 52.8 Å². The van der Waals surface area contributed by atoms with Crippen molar-refractivity contribution in [1.82, 2.24) is 9.29 Å². The minimum Gasteiger partial charge on any atom is -0.454 e. The van der Waals surface area contributed by atoms with Gasteiger partial charge in [-0.05, 0) is 43.2 Å². The summed E-state index contributed by atoms with van der Waals surface area (Å²) >= 11 is 6.08. The Morgan fingerprint density at radius 3 is 2.56 bits per heavy atom. The molecule has 3 rings (SSSR count). The summed E-state index contributed by atoms with van der Waals surface area (Å²) in [5, 5.41) is 0.0413. The number of ketones is 1. The van der Waals surface area contributed by atoms with E-state index in [-0.39, 0.29) is 21.3 Å². The lowest BCUT2D eigenvalue weighted by molar-refractivity contribution is 0.0473.